The van der Waals surface area contributed by atoms with E-state index in [1.807, 2.05) is 11.3 Å². The maximum absolute atomic E-state index is 2.42. The molecule has 254 valence electrons. The zero-order chi connectivity index (χ0) is 36.0. The molecule has 1 heteroatoms. The average Bonchev–Trinajstić information content (AvgIpc) is 3.63. The van der Waals surface area contributed by atoms with Crippen LogP contribution >= 0.6 is 11.3 Å². The Hall–Kier alpha value is -6.80. The summed E-state index contributed by atoms with van der Waals surface area (Å²) in [6.45, 7) is 0. The fourth-order valence-corrected chi connectivity index (χ4v) is 10.3. The Labute approximate surface area is 323 Å². The van der Waals surface area contributed by atoms with Gasteiger partial charge in [-0.05, 0) is 135 Å². The van der Waals surface area contributed by atoms with Gasteiger partial charge < -0.3 is 0 Å². The Morgan fingerprint density at radius 1 is 0.200 bits per heavy atom. The molecule has 0 aliphatic heterocycles. The van der Waals surface area contributed by atoms with Crippen molar-refractivity contribution in [3.63, 3.8) is 0 Å². The molecular formula is C54H32S. The lowest BCUT2D eigenvalue weighted by Gasteiger charge is -2.23. The highest BCUT2D eigenvalue weighted by molar-refractivity contribution is 7.25. The van der Waals surface area contributed by atoms with Gasteiger partial charge in [0.2, 0.25) is 0 Å². The molecule has 0 spiro atoms. The molecule has 1 aliphatic rings. The van der Waals surface area contributed by atoms with E-state index in [-0.39, 0.29) is 0 Å². The number of hydrogen-bond donors (Lipinski definition) is 0. The quantitative estimate of drug-likeness (QED) is 0.157. The van der Waals surface area contributed by atoms with E-state index >= 15 is 0 Å². The minimum Gasteiger partial charge on any atom is -0.135 e. The molecule has 0 bridgehead atoms. The summed E-state index contributed by atoms with van der Waals surface area (Å²) in [5, 5.41) is 10.4. The van der Waals surface area contributed by atoms with Crippen molar-refractivity contribution < 1.29 is 0 Å². The van der Waals surface area contributed by atoms with E-state index in [2.05, 4.69) is 194 Å². The monoisotopic (exact) mass is 712 g/mol. The van der Waals surface area contributed by atoms with Crippen molar-refractivity contribution in [2.24, 2.45) is 0 Å². The van der Waals surface area contributed by atoms with Crippen LogP contribution in [0.3, 0.4) is 0 Å². The third-order valence-electron chi connectivity index (χ3n) is 11.8. The minimum absolute atomic E-state index is 1.23. The van der Waals surface area contributed by atoms with Gasteiger partial charge in [0, 0.05) is 20.2 Å². The summed E-state index contributed by atoms with van der Waals surface area (Å²) >= 11 is 1.88. The third-order valence-corrected chi connectivity index (χ3v) is 13.0. The van der Waals surface area contributed by atoms with E-state index in [4.69, 9.17) is 0 Å². The highest BCUT2D eigenvalue weighted by atomic mass is 32.1. The lowest BCUT2D eigenvalue weighted by molar-refractivity contribution is 1.52. The molecule has 55 heavy (non-hydrogen) atoms. The van der Waals surface area contributed by atoms with E-state index in [1.54, 1.807) is 0 Å². The Kier molecular flexibility index (Phi) is 6.60. The molecule has 1 heterocycles. The second-order valence-corrected chi connectivity index (χ2v) is 15.9. The highest BCUT2D eigenvalue weighted by Crippen LogP contribution is 2.49. The molecule has 0 nitrogen and oxygen atoms in total. The van der Waals surface area contributed by atoms with Gasteiger partial charge in [-0.15, -0.1) is 11.3 Å². The highest BCUT2D eigenvalue weighted by Gasteiger charge is 2.22. The second-order valence-electron chi connectivity index (χ2n) is 14.8. The molecule has 0 atom stereocenters. The Morgan fingerprint density at radius 3 is 0.982 bits per heavy atom. The van der Waals surface area contributed by atoms with Gasteiger partial charge in [-0.25, -0.2) is 0 Å². The van der Waals surface area contributed by atoms with Crippen molar-refractivity contribution in [2.75, 3.05) is 0 Å². The number of fused-ring (bicyclic) bond motifs is 17. The summed E-state index contributed by atoms with van der Waals surface area (Å²) in [6.07, 6.45) is 0. The van der Waals surface area contributed by atoms with Crippen molar-refractivity contribution in [3.05, 3.63) is 194 Å². The maximum Gasteiger partial charge on any atom is 0.0355 e. The molecular weight excluding hydrogens is 681 g/mol. The first kappa shape index (κ1) is 30.6. The minimum atomic E-state index is 1.23. The normalized spacial score (nSPS) is 12.0. The number of hydrogen-bond acceptors (Lipinski definition) is 1. The molecule has 1 aromatic heterocycles. The van der Waals surface area contributed by atoms with Gasteiger partial charge in [-0.1, -0.05) is 158 Å². The van der Waals surface area contributed by atoms with Crippen LogP contribution in [-0.2, 0) is 0 Å². The first-order valence-corrected chi connectivity index (χ1v) is 19.8. The van der Waals surface area contributed by atoms with Crippen molar-refractivity contribution in [1.82, 2.24) is 0 Å². The van der Waals surface area contributed by atoms with Gasteiger partial charge in [0.1, 0.15) is 0 Å². The van der Waals surface area contributed by atoms with E-state index in [0.717, 1.165) is 0 Å². The molecule has 1 aliphatic carbocycles. The number of rotatable bonds is 2. The van der Waals surface area contributed by atoms with E-state index in [1.165, 1.54) is 119 Å². The summed E-state index contributed by atoms with van der Waals surface area (Å²) in [5.74, 6) is 0. The molecule has 0 amide bonds. The van der Waals surface area contributed by atoms with E-state index in [0.29, 0.717) is 0 Å². The molecule has 10 aromatic carbocycles. The first-order chi connectivity index (χ1) is 27.3. The first-order valence-electron chi connectivity index (χ1n) is 19.0. The Morgan fingerprint density at radius 2 is 0.509 bits per heavy atom. The molecule has 0 radical (unpaired) electrons. The summed E-state index contributed by atoms with van der Waals surface area (Å²) in [4.78, 5) is 0. The van der Waals surface area contributed by atoms with Gasteiger partial charge in [0.05, 0.1) is 0 Å². The largest absolute Gasteiger partial charge is 0.135 e. The van der Waals surface area contributed by atoms with Crippen LogP contribution in [0.2, 0.25) is 0 Å². The van der Waals surface area contributed by atoms with Crippen molar-refractivity contribution in [3.8, 4) is 66.8 Å². The number of thiophene rings is 1. The number of benzene rings is 10. The van der Waals surface area contributed by atoms with Crippen LogP contribution in [0.25, 0.3) is 119 Å². The van der Waals surface area contributed by atoms with Gasteiger partial charge in [-0.3, -0.25) is 0 Å². The summed E-state index contributed by atoms with van der Waals surface area (Å²) in [6, 6.07) is 72.4. The molecule has 0 unspecified atom stereocenters. The standard InChI is InChI=1S/C54H32S/c1-2-12-38-37(11-1)39-13-3-5-17-43(39)47-25-21-33(29-49(47)45-19-9-7-15-41(38)45)35-23-27-53-51(31-35)52-32-36(24-28-54(52)55-53)34-22-26-48-44-18-6-4-14-40(44)42-16-8-10-20-46(42)50(48)30-34/h1-32H. The van der Waals surface area contributed by atoms with Gasteiger partial charge >= 0.3 is 0 Å². The zero-order valence-corrected chi connectivity index (χ0v) is 30.7. The van der Waals surface area contributed by atoms with Crippen molar-refractivity contribution in [1.29, 1.82) is 0 Å². The summed E-state index contributed by atoms with van der Waals surface area (Å²) in [5.41, 5.74) is 15.1. The smallest absolute Gasteiger partial charge is 0.0355 e. The van der Waals surface area contributed by atoms with Gasteiger partial charge in [0.15, 0.2) is 0 Å². The van der Waals surface area contributed by atoms with Crippen LogP contribution in [0.5, 0.6) is 0 Å². The lowest BCUT2D eigenvalue weighted by atomic mass is 9.80. The Balaban J connectivity index is 1.02. The summed E-state index contributed by atoms with van der Waals surface area (Å²) in [7, 11) is 0. The SMILES string of the molecule is c1ccc2c(c1)-c1ccccc1-c1ccc(-c3ccc4sc5ccc(-c6ccc7c8ccccc8c8ccccc8c7c6)cc5c4c3)cc1-c1ccccc1-2. The lowest BCUT2D eigenvalue weighted by Crippen LogP contribution is -1.97. The Bertz CT molecular complexity index is 3340. The van der Waals surface area contributed by atoms with Gasteiger partial charge in [-0.2, -0.15) is 0 Å². The predicted molar refractivity (Wildman–Crippen MR) is 238 cm³/mol. The molecule has 0 fully saturated rings. The molecule has 12 rings (SSSR count). The molecule has 0 saturated heterocycles. The second kappa shape index (κ2) is 11.9. The van der Waals surface area contributed by atoms with E-state index in [9.17, 15) is 0 Å². The fraction of sp³-hybridized carbons (Fsp3) is 0. The fourth-order valence-electron chi connectivity index (χ4n) is 9.26. The van der Waals surface area contributed by atoms with Crippen LogP contribution < -0.4 is 0 Å². The summed E-state index contributed by atoms with van der Waals surface area (Å²) < 4.78 is 2.63. The molecule has 0 N–H and O–H groups in total. The third kappa shape index (κ3) is 4.64. The van der Waals surface area contributed by atoms with Crippen LogP contribution in [0.1, 0.15) is 0 Å². The van der Waals surface area contributed by atoms with Crippen molar-refractivity contribution in [2.45, 2.75) is 0 Å². The van der Waals surface area contributed by atoms with Gasteiger partial charge in [0.25, 0.3) is 0 Å². The van der Waals surface area contributed by atoms with Crippen LogP contribution in [0, 0.1) is 0 Å². The zero-order valence-electron chi connectivity index (χ0n) is 29.9. The van der Waals surface area contributed by atoms with Crippen LogP contribution in [0.15, 0.2) is 194 Å². The predicted octanol–water partition coefficient (Wildman–Crippen LogP) is 15.8. The van der Waals surface area contributed by atoms with Crippen LogP contribution in [-0.4, -0.2) is 0 Å². The van der Waals surface area contributed by atoms with E-state index < -0.39 is 0 Å². The topological polar surface area (TPSA) is 0 Å². The van der Waals surface area contributed by atoms with Crippen molar-refractivity contribution >= 4 is 63.8 Å². The molecule has 11 aromatic rings. The average molecular weight is 713 g/mol. The molecule has 0 saturated carbocycles. The maximum atomic E-state index is 2.42. The van der Waals surface area contributed by atoms with Crippen LogP contribution in [0.4, 0.5) is 0 Å².